The minimum absolute atomic E-state index is 0.882. The van der Waals surface area contributed by atoms with Crippen LogP contribution in [-0.2, 0) is 11.3 Å². The van der Waals surface area contributed by atoms with Crippen molar-refractivity contribution < 1.29 is 4.74 Å². The summed E-state index contributed by atoms with van der Waals surface area (Å²) in [7, 11) is 0. The standard InChI is InChI=1S/C20H28N4O/c1-17-15-20(7-9-22-17)23-19-5-3-18(4-6-19)16-21-8-2-10-24-11-13-25-14-12-24/h3-7,9,15,21H,2,8,10-14,16H2,1H3,(H,22,23). The van der Waals surface area contributed by atoms with Crippen LogP contribution in [0, 0.1) is 6.92 Å². The fourth-order valence-corrected chi connectivity index (χ4v) is 2.98. The molecule has 0 spiro atoms. The molecule has 5 nitrogen and oxygen atoms in total. The predicted molar refractivity (Wildman–Crippen MR) is 102 cm³/mol. The molecule has 1 aromatic heterocycles. The number of nitrogens with zero attached hydrogens (tertiary/aromatic N) is 2. The van der Waals surface area contributed by atoms with Gasteiger partial charge in [-0.1, -0.05) is 12.1 Å². The lowest BCUT2D eigenvalue weighted by Crippen LogP contribution is -2.37. The summed E-state index contributed by atoms with van der Waals surface area (Å²) >= 11 is 0. The normalized spacial score (nSPS) is 15.2. The lowest BCUT2D eigenvalue weighted by atomic mass is 10.2. The summed E-state index contributed by atoms with van der Waals surface area (Å²) in [5.74, 6) is 0. The summed E-state index contributed by atoms with van der Waals surface area (Å²) in [5.41, 5.74) is 4.49. The average molecular weight is 340 g/mol. The molecule has 0 saturated carbocycles. The molecular weight excluding hydrogens is 312 g/mol. The molecule has 134 valence electrons. The fraction of sp³-hybridized carbons (Fsp3) is 0.450. The summed E-state index contributed by atoms with van der Waals surface area (Å²) in [6, 6.07) is 12.6. The van der Waals surface area contributed by atoms with Gasteiger partial charge in [-0.2, -0.15) is 0 Å². The van der Waals surface area contributed by atoms with Crippen LogP contribution in [0.4, 0.5) is 11.4 Å². The summed E-state index contributed by atoms with van der Waals surface area (Å²) in [4.78, 5) is 6.70. The number of nitrogens with one attached hydrogen (secondary N) is 2. The largest absolute Gasteiger partial charge is 0.379 e. The molecule has 1 aliphatic rings. The Morgan fingerprint density at radius 2 is 1.88 bits per heavy atom. The van der Waals surface area contributed by atoms with Crippen molar-refractivity contribution in [1.29, 1.82) is 0 Å². The van der Waals surface area contributed by atoms with E-state index in [0.29, 0.717) is 0 Å². The molecule has 3 rings (SSSR count). The Bertz CT molecular complexity index is 638. The van der Waals surface area contributed by atoms with Crippen molar-refractivity contribution in [3.05, 3.63) is 53.9 Å². The first-order valence-electron chi connectivity index (χ1n) is 9.09. The van der Waals surface area contributed by atoms with Crippen molar-refractivity contribution >= 4 is 11.4 Å². The third-order valence-corrected chi connectivity index (χ3v) is 4.40. The number of hydrogen-bond acceptors (Lipinski definition) is 5. The lowest BCUT2D eigenvalue weighted by Gasteiger charge is -2.26. The number of aromatic nitrogens is 1. The van der Waals surface area contributed by atoms with Gasteiger partial charge in [-0.05, 0) is 56.3 Å². The number of benzene rings is 1. The first kappa shape index (κ1) is 17.9. The maximum absolute atomic E-state index is 5.37. The van der Waals surface area contributed by atoms with Gasteiger partial charge in [0, 0.05) is 42.9 Å². The molecule has 1 fully saturated rings. The van der Waals surface area contributed by atoms with Crippen LogP contribution in [0.5, 0.6) is 0 Å². The van der Waals surface area contributed by atoms with Crippen molar-refractivity contribution in [2.45, 2.75) is 19.9 Å². The second-order valence-corrected chi connectivity index (χ2v) is 6.49. The lowest BCUT2D eigenvalue weighted by molar-refractivity contribution is 0.0374. The monoisotopic (exact) mass is 340 g/mol. The van der Waals surface area contributed by atoms with Crippen LogP contribution in [0.2, 0.25) is 0 Å². The summed E-state index contributed by atoms with van der Waals surface area (Å²) < 4.78 is 5.37. The van der Waals surface area contributed by atoms with Crippen molar-refractivity contribution in [2.24, 2.45) is 0 Å². The van der Waals surface area contributed by atoms with Gasteiger partial charge in [0.1, 0.15) is 0 Å². The topological polar surface area (TPSA) is 49.4 Å². The van der Waals surface area contributed by atoms with E-state index in [-0.39, 0.29) is 0 Å². The molecule has 5 heteroatoms. The van der Waals surface area contributed by atoms with E-state index >= 15 is 0 Å². The van der Waals surface area contributed by atoms with Crippen LogP contribution in [0.1, 0.15) is 17.7 Å². The Labute approximate surface area is 150 Å². The van der Waals surface area contributed by atoms with Gasteiger partial charge in [0.05, 0.1) is 13.2 Å². The third kappa shape index (κ3) is 6.12. The van der Waals surface area contributed by atoms with Crippen LogP contribution >= 0.6 is 0 Å². The van der Waals surface area contributed by atoms with E-state index in [0.717, 1.165) is 63.0 Å². The highest BCUT2D eigenvalue weighted by Crippen LogP contribution is 2.17. The Balaban J connectivity index is 1.36. The molecule has 0 atom stereocenters. The molecule has 0 aliphatic carbocycles. The highest BCUT2D eigenvalue weighted by molar-refractivity contribution is 5.59. The van der Waals surface area contributed by atoms with Gasteiger partial charge in [0.2, 0.25) is 0 Å². The molecule has 1 saturated heterocycles. The van der Waals surface area contributed by atoms with Crippen molar-refractivity contribution in [3.63, 3.8) is 0 Å². The maximum atomic E-state index is 5.37. The van der Waals surface area contributed by atoms with E-state index in [1.165, 1.54) is 12.0 Å². The highest BCUT2D eigenvalue weighted by Gasteiger charge is 2.08. The highest BCUT2D eigenvalue weighted by atomic mass is 16.5. The Kier molecular flexibility index (Phi) is 6.79. The first-order valence-corrected chi connectivity index (χ1v) is 9.09. The van der Waals surface area contributed by atoms with Crippen molar-refractivity contribution in [3.8, 4) is 0 Å². The second kappa shape index (κ2) is 9.51. The fourth-order valence-electron chi connectivity index (χ4n) is 2.98. The van der Waals surface area contributed by atoms with E-state index < -0.39 is 0 Å². The van der Waals surface area contributed by atoms with Crippen molar-refractivity contribution in [2.75, 3.05) is 44.7 Å². The number of anilines is 2. The second-order valence-electron chi connectivity index (χ2n) is 6.49. The van der Waals surface area contributed by atoms with Gasteiger partial charge in [0.25, 0.3) is 0 Å². The Morgan fingerprint density at radius 3 is 2.64 bits per heavy atom. The van der Waals surface area contributed by atoms with Gasteiger partial charge in [-0.15, -0.1) is 0 Å². The number of hydrogen-bond donors (Lipinski definition) is 2. The van der Waals surface area contributed by atoms with Crippen LogP contribution in [0.15, 0.2) is 42.6 Å². The molecule has 0 radical (unpaired) electrons. The van der Waals surface area contributed by atoms with Gasteiger partial charge < -0.3 is 15.4 Å². The zero-order chi connectivity index (χ0) is 17.3. The van der Waals surface area contributed by atoms with Gasteiger partial charge in [0.15, 0.2) is 0 Å². The molecule has 1 aromatic carbocycles. The first-order chi connectivity index (χ1) is 12.3. The SMILES string of the molecule is Cc1cc(Nc2ccc(CNCCCN3CCOCC3)cc2)ccn1. The molecule has 2 heterocycles. The molecule has 0 unspecified atom stereocenters. The molecule has 25 heavy (non-hydrogen) atoms. The Hall–Kier alpha value is -1.95. The van der Waals surface area contributed by atoms with Gasteiger partial charge in [-0.25, -0.2) is 0 Å². The Morgan fingerprint density at radius 1 is 1.08 bits per heavy atom. The minimum atomic E-state index is 0.882. The van der Waals surface area contributed by atoms with Crippen molar-refractivity contribution in [1.82, 2.24) is 15.2 Å². The van der Waals surface area contributed by atoms with E-state index in [4.69, 9.17) is 4.74 Å². The van der Waals surface area contributed by atoms with E-state index in [2.05, 4.69) is 44.8 Å². The molecule has 1 aliphatic heterocycles. The summed E-state index contributed by atoms with van der Waals surface area (Å²) in [5, 5.41) is 6.94. The predicted octanol–water partition coefficient (Wildman–Crippen LogP) is 2.95. The molecule has 2 aromatic rings. The van der Waals surface area contributed by atoms with E-state index in [1.807, 2.05) is 25.3 Å². The number of aryl methyl sites for hydroxylation is 1. The molecule has 0 amide bonds. The third-order valence-electron chi connectivity index (χ3n) is 4.40. The zero-order valence-electron chi connectivity index (χ0n) is 15.0. The van der Waals surface area contributed by atoms with Crippen LogP contribution in [-0.4, -0.2) is 49.3 Å². The molecule has 0 bridgehead atoms. The van der Waals surface area contributed by atoms with E-state index in [1.54, 1.807) is 0 Å². The van der Waals surface area contributed by atoms with Crippen LogP contribution in [0.25, 0.3) is 0 Å². The minimum Gasteiger partial charge on any atom is -0.379 e. The smallest absolute Gasteiger partial charge is 0.0594 e. The number of morpholine rings is 1. The summed E-state index contributed by atoms with van der Waals surface area (Å²) in [6.07, 6.45) is 3.01. The number of ether oxygens (including phenoxy) is 1. The van der Waals surface area contributed by atoms with Crippen LogP contribution in [0.3, 0.4) is 0 Å². The summed E-state index contributed by atoms with van der Waals surface area (Å²) in [6.45, 7) is 9.03. The number of pyridine rings is 1. The molecule has 2 N–H and O–H groups in total. The van der Waals surface area contributed by atoms with E-state index in [9.17, 15) is 0 Å². The quantitative estimate of drug-likeness (QED) is 0.724. The number of rotatable bonds is 8. The zero-order valence-corrected chi connectivity index (χ0v) is 15.0. The van der Waals surface area contributed by atoms with Crippen LogP contribution < -0.4 is 10.6 Å². The van der Waals surface area contributed by atoms with Gasteiger partial charge in [-0.3, -0.25) is 9.88 Å². The average Bonchev–Trinajstić information content (AvgIpc) is 2.64. The van der Waals surface area contributed by atoms with Gasteiger partial charge >= 0.3 is 0 Å². The molecular formula is C20H28N4O. The maximum Gasteiger partial charge on any atom is 0.0594 e.